The average Bonchev–Trinajstić information content (AvgIpc) is 2.52. The van der Waals surface area contributed by atoms with Gasteiger partial charge in [0.15, 0.2) is 0 Å². The standard InChI is InChI=1S/C10H15N/c1-3-9(2)6-7-10-5-4-8-11-10/h3,10-11H,4-5,8H2,1-2H3/b9-3+. The Labute approximate surface area is 68.9 Å². The number of hydrogen-bond donors (Lipinski definition) is 1. The van der Waals surface area contributed by atoms with Crippen LogP contribution in [0.25, 0.3) is 0 Å². The van der Waals surface area contributed by atoms with Crippen molar-refractivity contribution in [2.75, 3.05) is 6.54 Å². The molecule has 0 aliphatic carbocycles. The van der Waals surface area contributed by atoms with Gasteiger partial charge in [-0.1, -0.05) is 17.9 Å². The molecule has 1 heteroatoms. The quantitative estimate of drug-likeness (QED) is 0.517. The Morgan fingerprint density at radius 1 is 1.64 bits per heavy atom. The molecule has 60 valence electrons. The minimum Gasteiger partial charge on any atom is -0.304 e. The Morgan fingerprint density at radius 3 is 3.00 bits per heavy atom. The normalized spacial score (nSPS) is 24.5. The summed E-state index contributed by atoms with van der Waals surface area (Å²) in [6, 6.07) is 0.449. The van der Waals surface area contributed by atoms with E-state index in [1.807, 2.05) is 19.9 Å². The van der Waals surface area contributed by atoms with Crippen LogP contribution in [0.15, 0.2) is 11.6 Å². The number of allylic oxidation sites excluding steroid dienone is 2. The molecule has 0 aromatic heterocycles. The molecule has 1 unspecified atom stereocenters. The molecule has 0 amide bonds. The number of nitrogens with one attached hydrogen (secondary N) is 1. The molecule has 1 heterocycles. The van der Waals surface area contributed by atoms with E-state index in [1.165, 1.54) is 18.4 Å². The lowest BCUT2D eigenvalue weighted by molar-refractivity contribution is 0.749. The summed E-state index contributed by atoms with van der Waals surface area (Å²) in [5.74, 6) is 6.33. The first kappa shape index (κ1) is 8.36. The Bertz CT molecular complexity index is 199. The molecular weight excluding hydrogens is 134 g/mol. The third-order valence-electron chi connectivity index (χ3n) is 1.94. The molecule has 0 saturated carbocycles. The monoisotopic (exact) mass is 149 g/mol. The summed E-state index contributed by atoms with van der Waals surface area (Å²) in [5, 5.41) is 3.34. The van der Waals surface area contributed by atoms with Gasteiger partial charge in [-0.15, -0.1) is 0 Å². The first-order chi connectivity index (χ1) is 5.33. The van der Waals surface area contributed by atoms with E-state index in [0.717, 1.165) is 6.54 Å². The Hall–Kier alpha value is -0.740. The zero-order chi connectivity index (χ0) is 8.10. The highest BCUT2D eigenvalue weighted by atomic mass is 14.9. The first-order valence-corrected chi connectivity index (χ1v) is 4.21. The van der Waals surface area contributed by atoms with Crippen molar-refractivity contribution in [3.05, 3.63) is 11.6 Å². The molecule has 0 aromatic carbocycles. The second-order valence-corrected chi connectivity index (χ2v) is 2.89. The van der Waals surface area contributed by atoms with Crippen molar-refractivity contribution in [1.82, 2.24) is 5.32 Å². The van der Waals surface area contributed by atoms with Gasteiger partial charge in [-0.3, -0.25) is 0 Å². The molecule has 11 heavy (non-hydrogen) atoms. The number of hydrogen-bond acceptors (Lipinski definition) is 1. The third-order valence-corrected chi connectivity index (χ3v) is 1.94. The van der Waals surface area contributed by atoms with Crippen molar-refractivity contribution < 1.29 is 0 Å². The SMILES string of the molecule is C/C=C(\C)C#CC1CCCN1. The van der Waals surface area contributed by atoms with Gasteiger partial charge in [0.25, 0.3) is 0 Å². The molecule has 1 atom stereocenters. The van der Waals surface area contributed by atoms with Crippen molar-refractivity contribution in [2.24, 2.45) is 0 Å². The van der Waals surface area contributed by atoms with E-state index in [-0.39, 0.29) is 0 Å². The van der Waals surface area contributed by atoms with Gasteiger partial charge in [0.05, 0.1) is 6.04 Å². The summed E-state index contributed by atoms with van der Waals surface area (Å²) in [6.45, 7) is 5.20. The van der Waals surface area contributed by atoms with Crippen molar-refractivity contribution in [3.8, 4) is 11.8 Å². The van der Waals surface area contributed by atoms with E-state index >= 15 is 0 Å². The molecule has 1 nitrogen and oxygen atoms in total. The summed E-state index contributed by atoms with van der Waals surface area (Å²) >= 11 is 0. The molecule has 0 radical (unpaired) electrons. The molecule has 0 spiro atoms. The second kappa shape index (κ2) is 4.20. The predicted molar refractivity (Wildman–Crippen MR) is 48.2 cm³/mol. The van der Waals surface area contributed by atoms with E-state index in [9.17, 15) is 0 Å². The molecule has 1 N–H and O–H groups in total. The Morgan fingerprint density at radius 2 is 2.45 bits per heavy atom. The fourth-order valence-corrected chi connectivity index (χ4v) is 1.08. The van der Waals surface area contributed by atoms with Crippen LogP contribution in [0.1, 0.15) is 26.7 Å². The summed E-state index contributed by atoms with van der Waals surface area (Å²) in [6.07, 6.45) is 4.53. The van der Waals surface area contributed by atoms with E-state index < -0.39 is 0 Å². The van der Waals surface area contributed by atoms with E-state index in [0.29, 0.717) is 6.04 Å². The maximum atomic E-state index is 3.34. The Kier molecular flexibility index (Phi) is 3.19. The smallest absolute Gasteiger partial charge is 0.0693 e. The second-order valence-electron chi connectivity index (χ2n) is 2.89. The first-order valence-electron chi connectivity index (χ1n) is 4.21. The molecule has 1 fully saturated rings. The molecule has 1 saturated heterocycles. The van der Waals surface area contributed by atoms with Crippen LogP contribution < -0.4 is 5.32 Å². The van der Waals surface area contributed by atoms with Crippen molar-refractivity contribution in [2.45, 2.75) is 32.7 Å². The lowest BCUT2D eigenvalue weighted by atomic mass is 10.2. The minimum absolute atomic E-state index is 0.449. The van der Waals surface area contributed by atoms with Gasteiger partial charge in [-0.2, -0.15) is 0 Å². The molecule has 1 aliphatic heterocycles. The zero-order valence-corrected chi connectivity index (χ0v) is 7.28. The Balaban J connectivity index is 2.42. The highest BCUT2D eigenvalue weighted by Gasteiger charge is 2.09. The highest BCUT2D eigenvalue weighted by Crippen LogP contribution is 2.03. The lowest BCUT2D eigenvalue weighted by Gasteiger charge is -1.97. The van der Waals surface area contributed by atoms with Crippen molar-refractivity contribution >= 4 is 0 Å². The maximum absolute atomic E-state index is 3.34. The minimum atomic E-state index is 0.449. The third kappa shape index (κ3) is 2.78. The van der Waals surface area contributed by atoms with Crippen LogP contribution in [0, 0.1) is 11.8 Å². The fourth-order valence-electron chi connectivity index (χ4n) is 1.08. The predicted octanol–water partition coefficient (Wildman–Crippen LogP) is 1.71. The van der Waals surface area contributed by atoms with Crippen LogP contribution >= 0.6 is 0 Å². The molecule has 1 rings (SSSR count). The van der Waals surface area contributed by atoms with Crippen LogP contribution in [0.2, 0.25) is 0 Å². The van der Waals surface area contributed by atoms with Crippen LogP contribution in [0.4, 0.5) is 0 Å². The molecular formula is C10H15N. The fraction of sp³-hybridized carbons (Fsp3) is 0.600. The largest absolute Gasteiger partial charge is 0.304 e. The topological polar surface area (TPSA) is 12.0 Å². The zero-order valence-electron chi connectivity index (χ0n) is 7.28. The van der Waals surface area contributed by atoms with Gasteiger partial charge in [0.2, 0.25) is 0 Å². The van der Waals surface area contributed by atoms with Gasteiger partial charge in [0.1, 0.15) is 0 Å². The van der Waals surface area contributed by atoms with Gasteiger partial charge >= 0.3 is 0 Å². The molecule has 0 bridgehead atoms. The summed E-state index contributed by atoms with van der Waals surface area (Å²) < 4.78 is 0. The van der Waals surface area contributed by atoms with Gasteiger partial charge < -0.3 is 5.32 Å². The lowest BCUT2D eigenvalue weighted by Crippen LogP contribution is -2.18. The summed E-state index contributed by atoms with van der Waals surface area (Å²) in [4.78, 5) is 0. The van der Waals surface area contributed by atoms with Crippen molar-refractivity contribution in [1.29, 1.82) is 0 Å². The van der Waals surface area contributed by atoms with Gasteiger partial charge in [-0.25, -0.2) is 0 Å². The van der Waals surface area contributed by atoms with Crippen LogP contribution in [-0.4, -0.2) is 12.6 Å². The van der Waals surface area contributed by atoms with Crippen molar-refractivity contribution in [3.63, 3.8) is 0 Å². The van der Waals surface area contributed by atoms with Gasteiger partial charge in [0, 0.05) is 0 Å². The van der Waals surface area contributed by atoms with Crippen LogP contribution in [0.3, 0.4) is 0 Å². The maximum Gasteiger partial charge on any atom is 0.0693 e. The average molecular weight is 149 g/mol. The van der Waals surface area contributed by atoms with E-state index in [4.69, 9.17) is 0 Å². The highest BCUT2D eigenvalue weighted by molar-refractivity contribution is 5.28. The van der Waals surface area contributed by atoms with E-state index in [2.05, 4.69) is 17.2 Å². The van der Waals surface area contributed by atoms with E-state index in [1.54, 1.807) is 0 Å². The number of rotatable bonds is 0. The van der Waals surface area contributed by atoms with Crippen LogP contribution in [-0.2, 0) is 0 Å². The summed E-state index contributed by atoms with van der Waals surface area (Å²) in [7, 11) is 0. The molecule has 0 aromatic rings. The van der Waals surface area contributed by atoms with Gasteiger partial charge in [-0.05, 0) is 38.8 Å². The van der Waals surface area contributed by atoms with Crippen LogP contribution in [0.5, 0.6) is 0 Å². The molecule has 1 aliphatic rings. The summed E-state index contributed by atoms with van der Waals surface area (Å²) in [5.41, 5.74) is 1.17.